The van der Waals surface area contributed by atoms with E-state index in [0.29, 0.717) is 25.9 Å². The van der Waals surface area contributed by atoms with Crippen molar-refractivity contribution < 1.29 is 9.59 Å². The molecule has 0 bridgehead atoms. The largest absolute Gasteiger partial charge is 0.354 e. The molecule has 0 saturated carbocycles. The van der Waals surface area contributed by atoms with E-state index in [9.17, 15) is 9.59 Å². The van der Waals surface area contributed by atoms with E-state index in [1.165, 1.54) is 0 Å². The average Bonchev–Trinajstić information content (AvgIpc) is 3.12. The lowest BCUT2D eigenvalue weighted by molar-refractivity contribution is -0.122. The molecule has 0 aliphatic heterocycles. The summed E-state index contributed by atoms with van der Waals surface area (Å²) in [4.78, 5) is 24.0. The van der Waals surface area contributed by atoms with Crippen molar-refractivity contribution in [1.29, 1.82) is 0 Å². The zero-order chi connectivity index (χ0) is 36.3. The molecular formula is C46H68N2O2. The fraction of sp³-hybridized carbons (Fsp3) is 0.435. The van der Waals surface area contributed by atoms with Crippen LogP contribution in [0.1, 0.15) is 117 Å². The molecule has 0 aromatic heterocycles. The third kappa shape index (κ3) is 40.0. The zero-order valence-corrected chi connectivity index (χ0v) is 31.4. The van der Waals surface area contributed by atoms with E-state index in [1.54, 1.807) is 0 Å². The van der Waals surface area contributed by atoms with E-state index < -0.39 is 0 Å². The van der Waals surface area contributed by atoms with Crippen LogP contribution in [0, 0.1) is 0 Å². The fourth-order valence-electron chi connectivity index (χ4n) is 4.29. The number of rotatable bonds is 31. The predicted octanol–water partition coefficient (Wildman–Crippen LogP) is 12.2. The number of allylic oxidation sites excluding steroid dienone is 24. The van der Waals surface area contributed by atoms with Crippen molar-refractivity contribution >= 4 is 11.8 Å². The van der Waals surface area contributed by atoms with Crippen LogP contribution in [0.25, 0.3) is 0 Å². The van der Waals surface area contributed by atoms with Gasteiger partial charge in [-0.1, -0.05) is 160 Å². The summed E-state index contributed by atoms with van der Waals surface area (Å²) in [5.41, 5.74) is 0. The third-order valence-electron chi connectivity index (χ3n) is 7.04. The topological polar surface area (TPSA) is 58.2 Å². The SMILES string of the molecule is CC/C=C\C/C=C\C/C=C\C/C=C\C/C=C\C/C=C\CCC(=O)NCCNC(=O)CC/C=C\C/C=C\C/C=C\C/C=C\C/C=C\C/C=C\CC. The first-order chi connectivity index (χ1) is 24.7. The van der Waals surface area contributed by atoms with E-state index in [0.717, 1.165) is 89.9 Å². The molecule has 0 aliphatic carbocycles. The van der Waals surface area contributed by atoms with E-state index in [-0.39, 0.29) is 11.8 Å². The maximum atomic E-state index is 12.0. The van der Waals surface area contributed by atoms with Gasteiger partial charge in [0, 0.05) is 25.9 Å². The summed E-state index contributed by atoms with van der Waals surface area (Å²) in [6, 6.07) is 0. The van der Waals surface area contributed by atoms with Crippen molar-refractivity contribution in [2.24, 2.45) is 0 Å². The number of amides is 2. The van der Waals surface area contributed by atoms with Gasteiger partial charge in [-0.05, 0) is 89.9 Å². The van der Waals surface area contributed by atoms with Crippen molar-refractivity contribution in [3.8, 4) is 0 Å². The van der Waals surface area contributed by atoms with Gasteiger partial charge in [-0.25, -0.2) is 0 Å². The molecule has 0 radical (unpaired) electrons. The highest BCUT2D eigenvalue weighted by Gasteiger charge is 2.01. The molecule has 0 heterocycles. The first-order valence-corrected chi connectivity index (χ1v) is 19.0. The quantitative estimate of drug-likeness (QED) is 0.0565. The molecule has 0 atom stereocenters. The second-order valence-corrected chi connectivity index (χ2v) is 11.6. The van der Waals surface area contributed by atoms with Gasteiger partial charge < -0.3 is 10.6 Å². The van der Waals surface area contributed by atoms with E-state index >= 15 is 0 Å². The van der Waals surface area contributed by atoms with Gasteiger partial charge in [-0.15, -0.1) is 0 Å². The Kier molecular flexibility index (Phi) is 37.6. The Bertz CT molecular complexity index is 1080. The molecule has 274 valence electrons. The van der Waals surface area contributed by atoms with E-state index in [1.807, 2.05) is 0 Å². The normalized spacial score (nSPS) is 13.2. The van der Waals surface area contributed by atoms with Gasteiger partial charge in [0.15, 0.2) is 0 Å². The fourth-order valence-corrected chi connectivity index (χ4v) is 4.29. The van der Waals surface area contributed by atoms with Crippen molar-refractivity contribution in [2.45, 2.75) is 117 Å². The molecule has 0 spiro atoms. The molecule has 0 aliphatic rings. The molecule has 2 amide bonds. The van der Waals surface area contributed by atoms with E-state index in [2.05, 4.69) is 170 Å². The number of carbonyl (C=O) groups excluding carboxylic acids is 2. The molecule has 0 rings (SSSR count). The molecule has 50 heavy (non-hydrogen) atoms. The van der Waals surface area contributed by atoms with Crippen LogP contribution in [0.5, 0.6) is 0 Å². The molecule has 0 saturated heterocycles. The van der Waals surface area contributed by atoms with E-state index in [4.69, 9.17) is 0 Å². The number of hydrogen-bond acceptors (Lipinski definition) is 2. The lowest BCUT2D eigenvalue weighted by Gasteiger charge is -2.06. The Morgan fingerprint density at radius 3 is 0.740 bits per heavy atom. The number of nitrogens with one attached hydrogen (secondary N) is 2. The first-order valence-electron chi connectivity index (χ1n) is 19.0. The van der Waals surface area contributed by atoms with Crippen LogP contribution >= 0.6 is 0 Å². The minimum atomic E-state index is 0.0109. The van der Waals surface area contributed by atoms with Gasteiger partial charge in [0.25, 0.3) is 0 Å². The summed E-state index contributed by atoms with van der Waals surface area (Å²) >= 11 is 0. The minimum Gasteiger partial charge on any atom is -0.354 e. The van der Waals surface area contributed by atoms with Crippen LogP contribution in [0.15, 0.2) is 146 Å². The van der Waals surface area contributed by atoms with Gasteiger partial charge in [-0.2, -0.15) is 0 Å². The standard InChI is InChI=1S/C46H68N2O2/c1-3-5-7-9-11-13-15-17-19-21-23-25-27-29-31-33-35-37-39-41-45(49)47-43-44-48-46(50)42-40-38-36-34-32-30-28-26-24-22-20-18-16-14-12-10-8-6-4-2/h5-8,11-14,17-20,23-26,29-32,35-38H,3-4,9-10,15-16,21-22,27-28,33-34,39-44H2,1-2H3,(H,47,49)(H,48,50)/b7-5-,8-6-,13-11-,14-12-,19-17-,20-18-,25-23-,26-24-,31-29-,32-30-,37-35-,38-36-. The second-order valence-electron chi connectivity index (χ2n) is 11.6. The highest BCUT2D eigenvalue weighted by Crippen LogP contribution is 2.00. The summed E-state index contributed by atoms with van der Waals surface area (Å²) in [5.74, 6) is 0.0218. The zero-order valence-electron chi connectivity index (χ0n) is 31.4. The minimum absolute atomic E-state index is 0.0109. The molecule has 0 unspecified atom stereocenters. The highest BCUT2D eigenvalue weighted by molar-refractivity contribution is 5.77. The molecule has 2 N–H and O–H groups in total. The monoisotopic (exact) mass is 681 g/mol. The Balaban J connectivity index is 3.66. The molecule has 0 aromatic rings. The summed E-state index contributed by atoms with van der Waals surface area (Å²) < 4.78 is 0. The van der Waals surface area contributed by atoms with Gasteiger partial charge >= 0.3 is 0 Å². The Morgan fingerprint density at radius 1 is 0.320 bits per heavy atom. The van der Waals surface area contributed by atoms with Crippen molar-refractivity contribution in [3.63, 3.8) is 0 Å². The Labute approximate surface area is 306 Å². The average molecular weight is 681 g/mol. The maximum absolute atomic E-state index is 12.0. The number of hydrogen-bond donors (Lipinski definition) is 2. The second kappa shape index (κ2) is 41.0. The van der Waals surface area contributed by atoms with Crippen LogP contribution in [-0.2, 0) is 9.59 Å². The molecule has 0 fully saturated rings. The summed E-state index contributed by atoms with van der Waals surface area (Å²) in [5, 5.41) is 5.74. The van der Waals surface area contributed by atoms with Crippen LogP contribution in [-0.4, -0.2) is 24.9 Å². The molecule has 4 nitrogen and oxygen atoms in total. The lowest BCUT2D eigenvalue weighted by atomic mass is 10.2. The van der Waals surface area contributed by atoms with Crippen molar-refractivity contribution in [3.05, 3.63) is 146 Å². The number of carbonyl (C=O) groups is 2. The van der Waals surface area contributed by atoms with Crippen LogP contribution in [0.3, 0.4) is 0 Å². The van der Waals surface area contributed by atoms with Crippen LogP contribution in [0.4, 0.5) is 0 Å². The Hall–Kier alpha value is -4.18. The molecule has 0 aromatic carbocycles. The first kappa shape index (κ1) is 45.8. The third-order valence-corrected chi connectivity index (χ3v) is 7.04. The summed E-state index contributed by atoms with van der Waals surface area (Å²) in [6.07, 6.45) is 66.3. The van der Waals surface area contributed by atoms with Gasteiger partial charge in [-0.3, -0.25) is 9.59 Å². The lowest BCUT2D eigenvalue weighted by Crippen LogP contribution is -2.34. The summed E-state index contributed by atoms with van der Waals surface area (Å²) in [6.45, 7) is 5.21. The van der Waals surface area contributed by atoms with Crippen molar-refractivity contribution in [1.82, 2.24) is 10.6 Å². The smallest absolute Gasteiger partial charge is 0.220 e. The predicted molar refractivity (Wildman–Crippen MR) is 221 cm³/mol. The van der Waals surface area contributed by atoms with Gasteiger partial charge in [0.05, 0.1) is 0 Å². The summed E-state index contributed by atoms with van der Waals surface area (Å²) in [7, 11) is 0. The van der Waals surface area contributed by atoms with Gasteiger partial charge in [0.2, 0.25) is 11.8 Å². The Morgan fingerprint density at radius 2 is 0.520 bits per heavy atom. The van der Waals surface area contributed by atoms with Crippen LogP contribution < -0.4 is 10.6 Å². The molecule has 4 heteroatoms. The maximum Gasteiger partial charge on any atom is 0.220 e. The van der Waals surface area contributed by atoms with Crippen molar-refractivity contribution in [2.75, 3.05) is 13.1 Å². The van der Waals surface area contributed by atoms with Gasteiger partial charge in [0.1, 0.15) is 0 Å². The van der Waals surface area contributed by atoms with Crippen LogP contribution in [0.2, 0.25) is 0 Å². The molecular weight excluding hydrogens is 613 g/mol. The highest BCUT2D eigenvalue weighted by atomic mass is 16.2.